The Morgan fingerprint density at radius 1 is 0.852 bits per heavy atom. The van der Waals surface area contributed by atoms with Crippen LogP contribution in [0.3, 0.4) is 0 Å². The van der Waals surface area contributed by atoms with Crippen molar-refractivity contribution >= 4 is 46.4 Å². The molecule has 0 unspecified atom stereocenters. The van der Waals surface area contributed by atoms with E-state index in [0.717, 1.165) is 19.3 Å². The average Bonchev–Trinajstić information content (AvgIpc) is 2.63. The predicted octanol–water partition coefficient (Wildman–Crippen LogP) is 7.87. The van der Waals surface area contributed by atoms with Crippen LogP contribution < -0.4 is 9.47 Å². The van der Waals surface area contributed by atoms with Crippen LogP contribution in [0.15, 0.2) is 53.0 Å². The van der Waals surface area contributed by atoms with Gasteiger partial charge in [0.1, 0.15) is 16.8 Å². The smallest absolute Gasteiger partial charge is 0.156 e. The first-order chi connectivity index (χ1) is 13.1. The van der Waals surface area contributed by atoms with E-state index in [4.69, 9.17) is 55.9 Å². The van der Waals surface area contributed by atoms with Crippen LogP contribution in [0.5, 0.6) is 11.5 Å². The highest BCUT2D eigenvalue weighted by atomic mass is 35.5. The maximum Gasteiger partial charge on any atom is 0.156 e. The summed E-state index contributed by atoms with van der Waals surface area (Å²) in [6, 6.07) is 13.9. The Kier molecular flexibility index (Phi) is 10.2. The highest BCUT2D eigenvalue weighted by Gasteiger charge is 2.10. The summed E-state index contributed by atoms with van der Waals surface area (Å²) in [5, 5.41) is 0.838. The molecule has 6 heteroatoms. The molecular weight excluding hydrogens is 426 g/mol. The molecule has 146 valence electrons. The van der Waals surface area contributed by atoms with Crippen LogP contribution in [-0.4, -0.2) is 13.2 Å². The number of halogens is 4. The number of ether oxygens (including phenoxy) is 2. The summed E-state index contributed by atoms with van der Waals surface area (Å²) in [5.74, 6) is 1.02. The second-order valence-electron chi connectivity index (χ2n) is 6.02. The van der Waals surface area contributed by atoms with Crippen LogP contribution in [0.4, 0.5) is 0 Å². The predicted molar refractivity (Wildman–Crippen MR) is 116 cm³/mol. The molecule has 0 N–H and O–H groups in total. The van der Waals surface area contributed by atoms with Gasteiger partial charge in [-0.1, -0.05) is 89.6 Å². The molecule has 0 aromatic heterocycles. The summed E-state index contributed by atoms with van der Waals surface area (Å²) in [7, 11) is 0. The topological polar surface area (TPSA) is 18.5 Å². The highest BCUT2D eigenvalue weighted by molar-refractivity contribution is 6.55. The van der Waals surface area contributed by atoms with E-state index >= 15 is 0 Å². The molecule has 0 saturated heterocycles. The van der Waals surface area contributed by atoms with Crippen LogP contribution in [0.25, 0.3) is 0 Å². The van der Waals surface area contributed by atoms with Crippen molar-refractivity contribution < 1.29 is 9.47 Å². The van der Waals surface area contributed by atoms with Gasteiger partial charge >= 0.3 is 0 Å². The first-order valence-electron chi connectivity index (χ1n) is 8.86. The molecule has 0 atom stereocenters. The molecule has 0 aliphatic carbocycles. The normalized spacial score (nSPS) is 10.5. The number of aryl methyl sites for hydroxylation is 1. The van der Waals surface area contributed by atoms with Crippen LogP contribution >= 0.6 is 46.4 Å². The fourth-order valence-corrected chi connectivity index (χ4v) is 3.26. The third-order valence-electron chi connectivity index (χ3n) is 3.91. The van der Waals surface area contributed by atoms with Crippen LogP contribution in [0.1, 0.15) is 31.2 Å². The molecule has 27 heavy (non-hydrogen) atoms. The Balaban J connectivity index is 1.68. The van der Waals surface area contributed by atoms with Gasteiger partial charge in [0, 0.05) is 12.1 Å². The molecule has 2 aromatic carbocycles. The Morgan fingerprint density at radius 2 is 1.52 bits per heavy atom. The first kappa shape index (κ1) is 22.2. The van der Waals surface area contributed by atoms with Gasteiger partial charge in [-0.15, -0.1) is 0 Å². The summed E-state index contributed by atoms with van der Waals surface area (Å²) in [4.78, 5) is 0. The van der Waals surface area contributed by atoms with E-state index in [1.165, 1.54) is 24.5 Å². The number of hydrogen-bond donors (Lipinski definition) is 0. The largest absolute Gasteiger partial charge is 0.490 e. The van der Waals surface area contributed by atoms with Crippen molar-refractivity contribution in [1.82, 2.24) is 0 Å². The van der Waals surface area contributed by atoms with E-state index < -0.39 is 0 Å². The molecule has 0 saturated carbocycles. The zero-order valence-corrected chi connectivity index (χ0v) is 17.9. The second kappa shape index (κ2) is 12.4. The highest BCUT2D eigenvalue weighted by Crippen LogP contribution is 2.37. The van der Waals surface area contributed by atoms with Crippen molar-refractivity contribution in [1.29, 1.82) is 0 Å². The SMILES string of the molecule is ClC(Cl)=CCOc1cc(Cl)c(OCCCCCCc2ccccc2)c(Cl)c1. The van der Waals surface area contributed by atoms with E-state index in [1.807, 2.05) is 6.07 Å². The molecular formula is C21H22Cl4O2. The lowest BCUT2D eigenvalue weighted by atomic mass is 10.1. The van der Waals surface area contributed by atoms with Crippen molar-refractivity contribution in [2.24, 2.45) is 0 Å². The van der Waals surface area contributed by atoms with Gasteiger partial charge in [-0.2, -0.15) is 0 Å². The van der Waals surface area contributed by atoms with Gasteiger partial charge in [-0.25, -0.2) is 0 Å². The molecule has 2 nitrogen and oxygen atoms in total. The number of benzene rings is 2. The quantitative estimate of drug-likeness (QED) is 0.326. The molecule has 0 spiro atoms. The Morgan fingerprint density at radius 3 is 2.19 bits per heavy atom. The van der Waals surface area contributed by atoms with Crippen molar-refractivity contribution in [3.63, 3.8) is 0 Å². The van der Waals surface area contributed by atoms with Gasteiger partial charge in [0.25, 0.3) is 0 Å². The Hall–Kier alpha value is -1.06. The maximum absolute atomic E-state index is 6.25. The third-order valence-corrected chi connectivity index (χ3v) is 4.78. The summed E-state index contributed by atoms with van der Waals surface area (Å²) < 4.78 is 11.4. The minimum Gasteiger partial charge on any atom is -0.490 e. The van der Waals surface area contributed by atoms with E-state index in [-0.39, 0.29) is 11.1 Å². The monoisotopic (exact) mass is 446 g/mol. The van der Waals surface area contributed by atoms with Crippen LogP contribution in [0, 0.1) is 0 Å². The minimum absolute atomic E-state index is 0.149. The van der Waals surface area contributed by atoms with E-state index in [2.05, 4.69) is 24.3 Å². The lowest BCUT2D eigenvalue weighted by Gasteiger charge is -2.12. The number of hydrogen-bond acceptors (Lipinski definition) is 2. The summed E-state index contributed by atoms with van der Waals surface area (Å²) in [6.45, 7) is 0.813. The zero-order chi connectivity index (χ0) is 19.5. The van der Waals surface area contributed by atoms with Gasteiger partial charge in [0.05, 0.1) is 16.7 Å². The molecule has 0 aliphatic heterocycles. The molecule has 2 aromatic rings. The van der Waals surface area contributed by atoms with Crippen molar-refractivity contribution in [3.05, 3.63) is 68.6 Å². The molecule has 0 bridgehead atoms. The molecule has 0 heterocycles. The number of rotatable bonds is 11. The Labute approximate surface area is 181 Å². The van der Waals surface area contributed by atoms with Gasteiger partial charge in [0.15, 0.2) is 5.75 Å². The minimum atomic E-state index is 0.149. The molecule has 0 radical (unpaired) electrons. The van der Waals surface area contributed by atoms with Crippen LogP contribution in [-0.2, 0) is 6.42 Å². The Bertz CT molecular complexity index is 705. The molecule has 0 amide bonds. The summed E-state index contributed by atoms with van der Waals surface area (Å²) >= 11 is 23.6. The van der Waals surface area contributed by atoms with Gasteiger partial charge in [-0.3, -0.25) is 0 Å². The van der Waals surface area contributed by atoms with E-state index in [9.17, 15) is 0 Å². The van der Waals surface area contributed by atoms with Crippen molar-refractivity contribution in [2.75, 3.05) is 13.2 Å². The van der Waals surface area contributed by atoms with E-state index in [0.29, 0.717) is 28.2 Å². The van der Waals surface area contributed by atoms with Gasteiger partial charge in [0.2, 0.25) is 0 Å². The fourth-order valence-electron chi connectivity index (χ4n) is 2.56. The van der Waals surface area contributed by atoms with Crippen molar-refractivity contribution in [3.8, 4) is 11.5 Å². The lowest BCUT2D eigenvalue weighted by molar-refractivity contribution is 0.304. The maximum atomic E-state index is 6.25. The lowest BCUT2D eigenvalue weighted by Crippen LogP contribution is -2.00. The third kappa shape index (κ3) is 8.66. The molecule has 0 aliphatic rings. The van der Waals surface area contributed by atoms with Gasteiger partial charge in [-0.05, 0) is 30.9 Å². The summed E-state index contributed by atoms with van der Waals surface area (Å²) in [5.41, 5.74) is 1.39. The summed E-state index contributed by atoms with van der Waals surface area (Å²) in [6.07, 6.45) is 7.06. The van der Waals surface area contributed by atoms with E-state index in [1.54, 1.807) is 12.1 Å². The average molecular weight is 448 g/mol. The van der Waals surface area contributed by atoms with Gasteiger partial charge < -0.3 is 9.47 Å². The van der Waals surface area contributed by atoms with Crippen molar-refractivity contribution in [2.45, 2.75) is 32.1 Å². The molecule has 2 rings (SSSR count). The molecule has 0 fully saturated rings. The zero-order valence-electron chi connectivity index (χ0n) is 14.9. The van der Waals surface area contributed by atoms with Crippen LogP contribution in [0.2, 0.25) is 10.0 Å². The fraction of sp³-hybridized carbons (Fsp3) is 0.333. The standard InChI is InChI=1S/C21H22Cl4O2/c22-18-14-17(26-13-11-20(24)25)15-19(23)21(18)27-12-7-2-1-4-8-16-9-5-3-6-10-16/h3,5-6,9-11,14-15H,1-2,4,7-8,12-13H2. The second-order valence-corrected chi connectivity index (χ2v) is 7.84. The first-order valence-corrected chi connectivity index (χ1v) is 10.4. The number of unbranched alkanes of at least 4 members (excludes halogenated alkanes) is 3.